The number of aromatic nitrogens is 1. The molecule has 2 N–H and O–H groups in total. The predicted molar refractivity (Wildman–Crippen MR) is 50.6 cm³/mol. The van der Waals surface area contributed by atoms with Crippen molar-refractivity contribution in [3.8, 4) is 5.75 Å². The maximum absolute atomic E-state index is 12.7. The second kappa shape index (κ2) is 6.62. The lowest BCUT2D eigenvalue weighted by Crippen LogP contribution is -2.07. The summed E-state index contributed by atoms with van der Waals surface area (Å²) in [5.74, 6) is -0.388. The van der Waals surface area contributed by atoms with Crippen molar-refractivity contribution in [2.24, 2.45) is 5.73 Å². The molecule has 13 heavy (non-hydrogen) atoms. The van der Waals surface area contributed by atoms with E-state index in [1.54, 1.807) is 12.1 Å². The summed E-state index contributed by atoms with van der Waals surface area (Å²) in [5, 5.41) is 0. The Kier molecular flexibility index (Phi) is 6.18. The van der Waals surface area contributed by atoms with Gasteiger partial charge in [0.1, 0.15) is 0 Å². The van der Waals surface area contributed by atoms with Crippen LogP contribution in [0.1, 0.15) is 6.42 Å². The molecule has 0 unspecified atom stereocenters. The van der Waals surface area contributed by atoms with Gasteiger partial charge in [0.15, 0.2) is 5.75 Å². The molecule has 0 amide bonds. The fourth-order valence-electron chi connectivity index (χ4n) is 0.744. The van der Waals surface area contributed by atoms with Gasteiger partial charge in [0.05, 0.1) is 6.61 Å². The van der Waals surface area contributed by atoms with E-state index < -0.39 is 5.95 Å². The van der Waals surface area contributed by atoms with Crippen LogP contribution < -0.4 is 10.5 Å². The Bertz CT molecular complexity index is 247. The second-order valence-electron chi connectivity index (χ2n) is 2.28. The molecule has 74 valence electrons. The number of ether oxygens (including phenoxy) is 1. The molecule has 0 atom stereocenters. The Labute approximate surface area is 82.5 Å². The number of pyridine rings is 1. The molecule has 0 bridgehead atoms. The van der Waals surface area contributed by atoms with Crippen LogP contribution in [0.3, 0.4) is 0 Å². The van der Waals surface area contributed by atoms with E-state index in [0.717, 1.165) is 0 Å². The first-order valence-electron chi connectivity index (χ1n) is 3.78. The lowest BCUT2D eigenvalue weighted by molar-refractivity contribution is 0.293. The zero-order chi connectivity index (χ0) is 8.81. The number of nitrogens with two attached hydrogens (primary N) is 1. The predicted octanol–water partition coefficient (Wildman–Crippen LogP) is 1.37. The lowest BCUT2D eigenvalue weighted by atomic mass is 10.4. The largest absolute Gasteiger partial charge is 0.489 e. The van der Waals surface area contributed by atoms with Crippen molar-refractivity contribution in [1.82, 2.24) is 4.98 Å². The van der Waals surface area contributed by atoms with Gasteiger partial charge in [-0.05, 0) is 25.1 Å². The topological polar surface area (TPSA) is 48.1 Å². The molecule has 0 saturated carbocycles. The quantitative estimate of drug-likeness (QED) is 0.598. The molecule has 1 aromatic rings. The molecule has 1 heterocycles. The molecule has 0 aliphatic heterocycles. The first-order chi connectivity index (χ1) is 5.84. The fourth-order valence-corrected chi connectivity index (χ4v) is 0.744. The third kappa shape index (κ3) is 4.05. The van der Waals surface area contributed by atoms with Gasteiger partial charge in [-0.1, -0.05) is 0 Å². The van der Waals surface area contributed by atoms with Crippen LogP contribution in [0.15, 0.2) is 18.3 Å². The average molecular weight is 207 g/mol. The molecule has 0 fully saturated rings. The zero-order valence-corrected chi connectivity index (χ0v) is 7.89. The normalized spacial score (nSPS) is 9.08. The minimum atomic E-state index is -0.575. The summed E-state index contributed by atoms with van der Waals surface area (Å²) >= 11 is 0. The molecule has 0 spiro atoms. The monoisotopic (exact) mass is 206 g/mol. The standard InChI is InChI=1S/C8H11FN2O.ClH/c9-8-7(3-1-5-11-8)12-6-2-4-10;/h1,3,5H,2,4,6,10H2;1H. The third-order valence-corrected chi connectivity index (χ3v) is 1.33. The number of halogens is 2. The Morgan fingerprint density at radius 1 is 1.54 bits per heavy atom. The van der Waals surface area contributed by atoms with Crippen LogP contribution in [-0.4, -0.2) is 18.1 Å². The summed E-state index contributed by atoms with van der Waals surface area (Å²) in [7, 11) is 0. The van der Waals surface area contributed by atoms with Gasteiger partial charge in [0.25, 0.3) is 5.95 Å². The van der Waals surface area contributed by atoms with E-state index in [2.05, 4.69) is 4.98 Å². The average Bonchev–Trinajstić information content (AvgIpc) is 2.09. The van der Waals surface area contributed by atoms with Crippen LogP contribution in [-0.2, 0) is 0 Å². The van der Waals surface area contributed by atoms with Crippen LogP contribution in [0.2, 0.25) is 0 Å². The molecule has 0 aliphatic carbocycles. The van der Waals surface area contributed by atoms with Crippen molar-refractivity contribution in [2.75, 3.05) is 13.2 Å². The van der Waals surface area contributed by atoms with E-state index in [0.29, 0.717) is 19.6 Å². The van der Waals surface area contributed by atoms with Gasteiger partial charge >= 0.3 is 0 Å². The van der Waals surface area contributed by atoms with E-state index in [1.165, 1.54) is 6.20 Å². The minimum Gasteiger partial charge on any atom is -0.489 e. The Hall–Kier alpha value is -0.870. The second-order valence-corrected chi connectivity index (χ2v) is 2.28. The first kappa shape index (κ1) is 12.1. The van der Waals surface area contributed by atoms with Crippen molar-refractivity contribution >= 4 is 12.4 Å². The first-order valence-corrected chi connectivity index (χ1v) is 3.78. The number of hydrogen-bond donors (Lipinski definition) is 1. The highest BCUT2D eigenvalue weighted by molar-refractivity contribution is 5.85. The number of nitrogens with zero attached hydrogens (tertiary/aromatic N) is 1. The molecule has 1 rings (SSSR count). The molecule has 0 radical (unpaired) electrons. The Balaban J connectivity index is 0.00000144. The molecule has 0 aliphatic rings. The van der Waals surface area contributed by atoms with Crippen LogP contribution in [0.5, 0.6) is 5.75 Å². The smallest absolute Gasteiger partial charge is 0.255 e. The third-order valence-electron chi connectivity index (χ3n) is 1.33. The summed E-state index contributed by atoms with van der Waals surface area (Å²) in [6, 6.07) is 3.17. The van der Waals surface area contributed by atoms with Crippen molar-refractivity contribution in [3.63, 3.8) is 0 Å². The van der Waals surface area contributed by atoms with Crippen molar-refractivity contribution in [1.29, 1.82) is 0 Å². The van der Waals surface area contributed by atoms with E-state index in [9.17, 15) is 4.39 Å². The van der Waals surface area contributed by atoms with Gasteiger partial charge in [-0.25, -0.2) is 4.98 Å². The van der Waals surface area contributed by atoms with E-state index in [4.69, 9.17) is 10.5 Å². The van der Waals surface area contributed by atoms with Gasteiger partial charge in [-0.3, -0.25) is 0 Å². The molecule has 0 aromatic carbocycles. The Morgan fingerprint density at radius 2 is 2.31 bits per heavy atom. The SMILES string of the molecule is Cl.NCCCOc1cccnc1F. The number of hydrogen-bond acceptors (Lipinski definition) is 3. The van der Waals surface area contributed by atoms with Gasteiger partial charge in [0.2, 0.25) is 0 Å². The van der Waals surface area contributed by atoms with E-state index in [1.807, 2.05) is 0 Å². The van der Waals surface area contributed by atoms with Gasteiger partial charge < -0.3 is 10.5 Å². The summed E-state index contributed by atoms with van der Waals surface area (Å²) in [4.78, 5) is 3.43. The van der Waals surface area contributed by atoms with Crippen LogP contribution in [0, 0.1) is 5.95 Å². The fraction of sp³-hybridized carbons (Fsp3) is 0.375. The maximum Gasteiger partial charge on any atom is 0.255 e. The van der Waals surface area contributed by atoms with Gasteiger partial charge in [0, 0.05) is 6.20 Å². The minimum absolute atomic E-state index is 0. The summed E-state index contributed by atoms with van der Waals surface area (Å²) < 4.78 is 17.8. The highest BCUT2D eigenvalue weighted by Crippen LogP contribution is 2.12. The molecular formula is C8H12ClFN2O. The van der Waals surface area contributed by atoms with Gasteiger partial charge in [-0.2, -0.15) is 4.39 Å². The zero-order valence-electron chi connectivity index (χ0n) is 7.07. The highest BCUT2D eigenvalue weighted by atomic mass is 35.5. The summed E-state index contributed by atoms with van der Waals surface area (Å²) in [5.41, 5.74) is 5.24. The van der Waals surface area contributed by atoms with E-state index >= 15 is 0 Å². The van der Waals surface area contributed by atoms with Crippen molar-refractivity contribution < 1.29 is 9.13 Å². The Morgan fingerprint density at radius 3 is 2.92 bits per heavy atom. The molecular weight excluding hydrogens is 195 g/mol. The summed E-state index contributed by atoms with van der Waals surface area (Å²) in [6.07, 6.45) is 2.10. The molecule has 3 nitrogen and oxygen atoms in total. The van der Waals surface area contributed by atoms with Crippen molar-refractivity contribution in [3.05, 3.63) is 24.3 Å². The van der Waals surface area contributed by atoms with E-state index in [-0.39, 0.29) is 18.2 Å². The van der Waals surface area contributed by atoms with Crippen LogP contribution in [0.4, 0.5) is 4.39 Å². The van der Waals surface area contributed by atoms with Crippen LogP contribution >= 0.6 is 12.4 Å². The molecule has 1 aromatic heterocycles. The van der Waals surface area contributed by atoms with Gasteiger partial charge in [-0.15, -0.1) is 12.4 Å². The van der Waals surface area contributed by atoms with Crippen molar-refractivity contribution in [2.45, 2.75) is 6.42 Å². The van der Waals surface area contributed by atoms with Crippen LogP contribution in [0.25, 0.3) is 0 Å². The maximum atomic E-state index is 12.7. The number of rotatable bonds is 4. The summed E-state index contributed by atoms with van der Waals surface area (Å²) in [6.45, 7) is 0.973. The highest BCUT2D eigenvalue weighted by Gasteiger charge is 2.00. The lowest BCUT2D eigenvalue weighted by Gasteiger charge is -2.04. The molecule has 5 heteroatoms. The molecule has 0 saturated heterocycles.